The number of amides is 1. The number of aromatic nitrogens is 1. The van der Waals surface area contributed by atoms with Crippen LogP contribution in [-0.4, -0.2) is 49.1 Å². The second-order valence-electron chi connectivity index (χ2n) is 6.21. The maximum Gasteiger partial charge on any atom is 0.246 e. The van der Waals surface area contributed by atoms with E-state index >= 15 is 0 Å². The van der Waals surface area contributed by atoms with Gasteiger partial charge in [-0.15, -0.1) is 0 Å². The molecule has 0 saturated carbocycles. The Morgan fingerprint density at radius 3 is 2.48 bits per heavy atom. The number of nitrogens with one attached hydrogen (secondary N) is 1. The highest BCUT2D eigenvalue weighted by Gasteiger charge is 2.22. The van der Waals surface area contributed by atoms with Gasteiger partial charge < -0.3 is 14.5 Å². The van der Waals surface area contributed by atoms with E-state index in [1.54, 1.807) is 13.2 Å². The van der Waals surface area contributed by atoms with Gasteiger partial charge in [-0.05, 0) is 35.9 Å². The number of piperazine rings is 1. The Labute approximate surface area is 148 Å². The molecule has 0 unspecified atom stereocenters. The summed E-state index contributed by atoms with van der Waals surface area (Å²) in [5.74, 6) is 0.899. The van der Waals surface area contributed by atoms with E-state index in [9.17, 15) is 4.79 Å². The molecule has 0 bridgehead atoms. The molecular formula is C20H24N3O2+. The molecule has 2 aromatic rings. The topological polar surface area (TPSA) is 46.9 Å². The van der Waals surface area contributed by atoms with Crippen LogP contribution in [0.15, 0.2) is 54.9 Å². The van der Waals surface area contributed by atoms with Crippen LogP contribution in [-0.2, 0) is 11.3 Å². The number of pyridine rings is 1. The zero-order valence-corrected chi connectivity index (χ0v) is 14.5. The number of ether oxygens (including phenoxy) is 1. The van der Waals surface area contributed by atoms with E-state index in [-0.39, 0.29) is 5.91 Å². The summed E-state index contributed by atoms with van der Waals surface area (Å²) in [5.41, 5.74) is 2.29. The highest BCUT2D eigenvalue weighted by atomic mass is 16.5. The minimum Gasteiger partial charge on any atom is -0.497 e. The minimum absolute atomic E-state index is 0.0822. The van der Waals surface area contributed by atoms with Crippen molar-refractivity contribution in [3.05, 3.63) is 66.0 Å². The lowest BCUT2D eigenvalue weighted by Gasteiger charge is -2.31. The summed E-state index contributed by atoms with van der Waals surface area (Å²) in [6.07, 6.45) is 7.19. The van der Waals surface area contributed by atoms with Crippen LogP contribution < -0.4 is 9.64 Å². The van der Waals surface area contributed by atoms with Gasteiger partial charge in [-0.3, -0.25) is 9.78 Å². The molecule has 1 saturated heterocycles. The molecule has 3 rings (SSSR count). The summed E-state index contributed by atoms with van der Waals surface area (Å²) < 4.78 is 5.14. The van der Waals surface area contributed by atoms with E-state index in [1.165, 1.54) is 10.5 Å². The average molecular weight is 338 g/mol. The highest BCUT2D eigenvalue weighted by Crippen LogP contribution is 2.12. The van der Waals surface area contributed by atoms with Gasteiger partial charge >= 0.3 is 0 Å². The van der Waals surface area contributed by atoms with Crippen molar-refractivity contribution in [2.75, 3.05) is 33.3 Å². The Morgan fingerprint density at radius 1 is 1.16 bits per heavy atom. The van der Waals surface area contributed by atoms with E-state index in [2.05, 4.69) is 17.1 Å². The monoisotopic (exact) mass is 338 g/mol. The first-order valence-electron chi connectivity index (χ1n) is 8.58. The van der Waals surface area contributed by atoms with Crippen LogP contribution in [0, 0.1) is 0 Å². The average Bonchev–Trinajstić information content (AvgIpc) is 2.68. The number of carbonyl (C=O) groups excluding carboxylic acids is 1. The van der Waals surface area contributed by atoms with Crippen molar-refractivity contribution in [3.63, 3.8) is 0 Å². The van der Waals surface area contributed by atoms with Crippen molar-refractivity contribution in [2.24, 2.45) is 0 Å². The number of rotatable bonds is 5. The molecule has 1 aliphatic heterocycles. The predicted octanol–water partition coefficient (Wildman–Crippen LogP) is 1.03. The van der Waals surface area contributed by atoms with Crippen LogP contribution >= 0.6 is 0 Å². The van der Waals surface area contributed by atoms with Gasteiger partial charge in [0.15, 0.2) is 0 Å². The second kappa shape index (κ2) is 8.44. The lowest BCUT2D eigenvalue weighted by atomic mass is 10.2. The molecular weight excluding hydrogens is 314 g/mol. The van der Waals surface area contributed by atoms with E-state index in [0.29, 0.717) is 0 Å². The standard InChI is InChI=1S/C20H23N3O2/c1-25-19-5-2-17(3-6-19)4-7-20(24)23-14-12-22(13-15-23)16-18-8-10-21-11-9-18/h2-11H,12-16H2,1H3/p+1/b7-4+. The zero-order chi connectivity index (χ0) is 17.5. The van der Waals surface area contributed by atoms with Crippen LogP contribution in [0.4, 0.5) is 0 Å². The third-order valence-electron chi connectivity index (χ3n) is 4.52. The molecule has 5 nitrogen and oxygen atoms in total. The minimum atomic E-state index is 0.0822. The zero-order valence-electron chi connectivity index (χ0n) is 14.5. The Kier molecular flexibility index (Phi) is 5.80. The fourth-order valence-corrected chi connectivity index (χ4v) is 3.00. The van der Waals surface area contributed by atoms with Crippen molar-refractivity contribution in [1.29, 1.82) is 0 Å². The van der Waals surface area contributed by atoms with E-state index in [4.69, 9.17) is 4.74 Å². The van der Waals surface area contributed by atoms with E-state index < -0.39 is 0 Å². The number of benzene rings is 1. The van der Waals surface area contributed by atoms with Crippen molar-refractivity contribution in [2.45, 2.75) is 6.54 Å². The molecule has 25 heavy (non-hydrogen) atoms. The first-order valence-corrected chi connectivity index (χ1v) is 8.58. The summed E-state index contributed by atoms with van der Waals surface area (Å²) in [5, 5.41) is 0. The number of methoxy groups -OCH3 is 1. The molecule has 0 atom stereocenters. The van der Waals surface area contributed by atoms with Crippen LogP contribution in [0.2, 0.25) is 0 Å². The van der Waals surface area contributed by atoms with Crippen molar-refractivity contribution < 1.29 is 14.4 Å². The molecule has 1 aliphatic rings. The molecule has 2 heterocycles. The quantitative estimate of drug-likeness (QED) is 0.829. The molecule has 1 fully saturated rings. The molecule has 5 heteroatoms. The number of quaternary nitrogens is 1. The van der Waals surface area contributed by atoms with Crippen LogP contribution in [0.3, 0.4) is 0 Å². The number of hydrogen-bond donors (Lipinski definition) is 1. The van der Waals surface area contributed by atoms with Crippen LogP contribution in [0.25, 0.3) is 6.08 Å². The lowest BCUT2D eigenvalue weighted by molar-refractivity contribution is -0.917. The molecule has 0 spiro atoms. The van der Waals surface area contributed by atoms with E-state index in [0.717, 1.165) is 44.0 Å². The van der Waals surface area contributed by atoms with Gasteiger partial charge in [0.1, 0.15) is 12.3 Å². The smallest absolute Gasteiger partial charge is 0.246 e. The third-order valence-corrected chi connectivity index (χ3v) is 4.52. The summed E-state index contributed by atoms with van der Waals surface area (Å²) in [6.45, 7) is 4.54. The highest BCUT2D eigenvalue weighted by molar-refractivity contribution is 5.91. The van der Waals surface area contributed by atoms with Gasteiger partial charge in [0, 0.05) is 24.0 Å². The fraction of sp³-hybridized carbons (Fsp3) is 0.300. The van der Waals surface area contributed by atoms with Crippen LogP contribution in [0.1, 0.15) is 11.1 Å². The lowest BCUT2D eigenvalue weighted by Crippen LogP contribution is -3.13. The SMILES string of the molecule is COc1ccc(/C=C/C(=O)N2CC[NH+](Cc3ccncc3)CC2)cc1. The number of hydrogen-bond acceptors (Lipinski definition) is 3. The molecule has 1 aromatic carbocycles. The van der Waals surface area contributed by atoms with Gasteiger partial charge in [0.25, 0.3) is 0 Å². The largest absolute Gasteiger partial charge is 0.497 e. The van der Waals surface area contributed by atoms with Crippen molar-refractivity contribution in [1.82, 2.24) is 9.88 Å². The van der Waals surface area contributed by atoms with Gasteiger partial charge in [-0.1, -0.05) is 12.1 Å². The van der Waals surface area contributed by atoms with Crippen molar-refractivity contribution in [3.8, 4) is 5.75 Å². The fourth-order valence-electron chi connectivity index (χ4n) is 3.00. The molecule has 130 valence electrons. The van der Waals surface area contributed by atoms with Gasteiger partial charge in [0.2, 0.25) is 5.91 Å². The Morgan fingerprint density at radius 2 is 1.84 bits per heavy atom. The molecule has 1 N–H and O–H groups in total. The Balaban J connectivity index is 1.48. The summed E-state index contributed by atoms with van der Waals surface area (Å²) in [7, 11) is 1.64. The van der Waals surface area contributed by atoms with E-state index in [1.807, 2.05) is 47.6 Å². The summed E-state index contributed by atoms with van der Waals surface area (Å²) >= 11 is 0. The van der Waals surface area contributed by atoms with Crippen molar-refractivity contribution >= 4 is 12.0 Å². The summed E-state index contributed by atoms with van der Waals surface area (Å²) in [4.78, 5) is 19.8. The molecule has 1 amide bonds. The maximum atomic E-state index is 12.4. The predicted molar refractivity (Wildman–Crippen MR) is 97.2 cm³/mol. The molecule has 0 aliphatic carbocycles. The van der Waals surface area contributed by atoms with Gasteiger partial charge in [-0.2, -0.15) is 0 Å². The Hall–Kier alpha value is -2.66. The summed E-state index contributed by atoms with van der Waals surface area (Å²) in [6, 6.07) is 11.8. The normalized spacial score (nSPS) is 15.5. The maximum absolute atomic E-state index is 12.4. The number of nitrogens with zero attached hydrogens (tertiary/aromatic N) is 2. The molecule has 1 aromatic heterocycles. The molecule has 0 radical (unpaired) electrons. The third kappa shape index (κ3) is 4.90. The number of carbonyl (C=O) groups is 1. The first-order chi connectivity index (χ1) is 12.2. The first kappa shape index (κ1) is 17.2. The van der Waals surface area contributed by atoms with Gasteiger partial charge in [-0.25, -0.2) is 0 Å². The van der Waals surface area contributed by atoms with Crippen LogP contribution in [0.5, 0.6) is 5.75 Å². The second-order valence-corrected chi connectivity index (χ2v) is 6.21. The van der Waals surface area contributed by atoms with Gasteiger partial charge in [0.05, 0.1) is 33.3 Å². The Bertz CT molecular complexity index is 705.